The molecule has 1 atom stereocenters. The SMILES string of the molecule is CCOC(CCSc1ncnc2ccccc12)C(=O)O. The summed E-state index contributed by atoms with van der Waals surface area (Å²) in [5, 5.41) is 10.9. The van der Waals surface area contributed by atoms with Crippen LogP contribution in [0.15, 0.2) is 35.6 Å². The van der Waals surface area contributed by atoms with E-state index in [4.69, 9.17) is 9.84 Å². The van der Waals surface area contributed by atoms with E-state index in [1.807, 2.05) is 24.3 Å². The van der Waals surface area contributed by atoms with E-state index in [1.54, 1.807) is 6.92 Å². The van der Waals surface area contributed by atoms with Gasteiger partial charge in [-0.1, -0.05) is 18.2 Å². The predicted octanol–water partition coefficient (Wildman–Crippen LogP) is 2.60. The van der Waals surface area contributed by atoms with Gasteiger partial charge in [0.15, 0.2) is 6.10 Å². The van der Waals surface area contributed by atoms with Crippen LogP contribution in [0.2, 0.25) is 0 Å². The Morgan fingerprint density at radius 3 is 2.95 bits per heavy atom. The number of aliphatic carboxylic acids is 1. The number of hydrogen-bond acceptors (Lipinski definition) is 5. The van der Waals surface area contributed by atoms with Gasteiger partial charge in [-0.25, -0.2) is 14.8 Å². The molecular formula is C14H16N2O3S. The van der Waals surface area contributed by atoms with Crippen LogP contribution >= 0.6 is 11.8 Å². The molecule has 0 aliphatic carbocycles. The van der Waals surface area contributed by atoms with Crippen LogP contribution in [0, 0.1) is 0 Å². The van der Waals surface area contributed by atoms with Gasteiger partial charge in [0.25, 0.3) is 0 Å². The third kappa shape index (κ3) is 3.68. The summed E-state index contributed by atoms with van der Waals surface area (Å²) in [7, 11) is 0. The van der Waals surface area contributed by atoms with Gasteiger partial charge in [0.05, 0.1) is 5.52 Å². The zero-order valence-electron chi connectivity index (χ0n) is 11.2. The molecule has 0 radical (unpaired) electrons. The third-order valence-corrected chi connectivity index (χ3v) is 3.81. The van der Waals surface area contributed by atoms with E-state index >= 15 is 0 Å². The van der Waals surface area contributed by atoms with E-state index in [2.05, 4.69) is 9.97 Å². The fourth-order valence-corrected chi connectivity index (χ4v) is 2.81. The van der Waals surface area contributed by atoms with E-state index in [1.165, 1.54) is 18.1 Å². The first-order valence-electron chi connectivity index (χ1n) is 6.39. The Bertz CT molecular complexity index is 586. The van der Waals surface area contributed by atoms with Crippen LogP contribution in [0.1, 0.15) is 13.3 Å². The minimum absolute atomic E-state index is 0.401. The summed E-state index contributed by atoms with van der Waals surface area (Å²) in [5.74, 6) is -0.280. The number of ether oxygens (including phenoxy) is 1. The van der Waals surface area contributed by atoms with Gasteiger partial charge in [0, 0.05) is 17.7 Å². The van der Waals surface area contributed by atoms with Gasteiger partial charge in [-0.3, -0.25) is 0 Å². The van der Waals surface area contributed by atoms with Crippen molar-refractivity contribution in [3.63, 3.8) is 0 Å². The molecule has 1 heterocycles. The first kappa shape index (κ1) is 14.7. The number of carboxylic acid groups (broad SMARTS) is 1. The summed E-state index contributed by atoms with van der Waals surface area (Å²) in [6, 6.07) is 7.77. The lowest BCUT2D eigenvalue weighted by atomic mass is 10.2. The Morgan fingerprint density at radius 1 is 1.40 bits per heavy atom. The molecule has 0 amide bonds. The second-order valence-corrected chi connectivity index (χ2v) is 5.20. The third-order valence-electron chi connectivity index (χ3n) is 2.77. The molecule has 0 saturated carbocycles. The molecule has 6 heteroatoms. The number of aromatic nitrogens is 2. The number of nitrogens with zero attached hydrogens (tertiary/aromatic N) is 2. The monoisotopic (exact) mass is 292 g/mol. The van der Waals surface area contributed by atoms with Crippen molar-refractivity contribution in [2.24, 2.45) is 0 Å². The molecule has 5 nitrogen and oxygen atoms in total. The van der Waals surface area contributed by atoms with Gasteiger partial charge >= 0.3 is 5.97 Å². The lowest BCUT2D eigenvalue weighted by Crippen LogP contribution is -2.24. The second-order valence-electron chi connectivity index (χ2n) is 4.12. The normalized spacial score (nSPS) is 12.4. The molecule has 0 bridgehead atoms. The number of hydrogen-bond donors (Lipinski definition) is 1. The molecule has 20 heavy (non-hydrogen) atoms. The van der Waals surface area contributed by atoms with Crippen LogP contribution in [-0.2, 0) is 9.53 Å². The van der Waals surface area contributed by atoms with Crippen molar-refractivity contribution in [1.82, 2.24) is 9.97 Å². The van der Waals surface area contributed by atoms with Crippen molar-refractivity contribution in [2.45, 2.75) is 24.5 Å². The maximum absolute atomic E-state index is 11.0. The van der Waals surface area contributed by atoms with E-state index in [0.717, 1.165) is 15.9 Å². The fraction of sp³-hybridized carbons (Fsp3) is 0.357. The summed E-state index contributed by atoms with van der Waals surface area (Å²) in [5.41, 5.74) is 0.893. The van der Waals surface area contributed by atoms with Gasteiger partial charge in [-0.2, -0.15) is 0 Å². The highest BCUT2D eigenvalue weighted by Crippen LogP contribution is 2.25. The van der Waals surface area contributed by atoms with Gasteiger partial charge in [0.1, 0.15) is 11.4 Å². The average Bonchev–Trinajstić information content (AvgIpc) is 2.46. The van der Waals surface area contributed by atoms with Crippen LogP contribution in [0.4, 0.5) is 0 Å². The van der Waals surface area contributed by atoms with Crippen molar-refractivity contribution in [3.8, 4) is 0 Å². The molecule has 0 fully saturated rings. The molecule has 1 aromatic heterocycles. The van der Waals surface area contributed by atoms with E-state index < -0.39 is 12.1 Å². The van der Waals surface area contributed by atoms with Crippen molar-refractivity contribution < 1.29 is 14.6 Å². The Balaban J connectivity index is 2.01. The number of para-hydroxylation sites is 1. The number of rotatable bonds is 7. The highest BCUT2D eigenvalue weighted by Gasteiger charge is 2.17. The van der Waals surface area contributed by atoms with Gasteiger partial charge in [-0.15, -0.1) is 11.8 Å². The first-order chi connectivity index (χ1) is 9.72. The van der Waals surface area contributed by atoms with E-state index in [9.17, 15) is 4.79 Å². The zero-order valence-corrected chi connectivity index (χ0v) is 12.0. The average molecular weight is 292 g/mol. The molecule has 2 aromatic rings. The molecule has 106 valence electrons. The quantitative estimate of drug-likeness (QED) is 0.624. The van der Waals surface area contributed by atoms with Crippen LogP contribution in [0.3, 0.4) is 0 Å². The lowest BCUT2D eigenvalue weighted by Gasteiger charge is -2.11. The van der Waals surface area contributed by atoms with E-state index in [-0.39, 0.29) is 0 Å². The van der Waals surface area contributed by atoms with Crippen LogP contribution in [0.5, 0.6) is 0 Å². The minimum Gasteiger partial charge on any atom is -0.479 e. The summed E-state index contributed by atoms with van der Waals surface area (Å²) in [6.45, 7) is 2.19. The number of benzene rings is 1. The summed E-state index contributed by atoms with van der Waals surface area (Å²) < 4.78 is 5.18. The minimum atomic E-state index is -0.917. The maximum Gasteiger partial charge on any atom is 0.332 e. The van der Waals surface area contributed by atoms with Crippen molar-refractivity contribution in [1.29, 1.82) is 0 Å². The van der Waals surface area contributed by atoms with E-state index in [0.29, 0.717) is 18.8 Å². The molecule has 1 N–H and O–H groups in total. The fourth-order valence-electron chi connectivity index (χ4n) is 1.84. The maximum atomic E-state index is 11.0. The smallest absolute Gasteiger partial charge is 0.332 e. The highest BCUT2D eigenvalue weighted by molar-refractivity contribution is 7.99. The highest BCUT2D eigenvalue weighted by atomic mass is 32.2. The molecule has 1 unspecified atom stereocenters. The molecule has 0 aliphatic heterocycles. The van der Waals surface area contributed by atoms with Crippen LogP contribution < -0.4 is 0 Å². The predicted molar refractivity (Wildman–Crippen MR) is 77.9 cm³/mol. The molecule has 0 saturated heterocycles. The Kier molecular flexibility index (Phi) is 5.31. The van der Waals surface area contributed by atoms with Gasteiger partial charge < -0.3 is 9.84 Å². The Hall–Kier alpha value is -1.66. The van der Waals surface area contributed by atoms with Crippen LogP contribution in [-0.4, -0.2) is 39.5 Å². The summed E-state index contributed by atoms with van der Waals surface area (Å²) in [6.07, 6.45) is 1.23. The number of thioether (sulfide) groups is 1. The standard InChI is InChI=1S/C14H16N2O3S/c1-2-19-12(14(17)18)7-8-20-13-10-5-3-4-6-11(10)15-9-16-13/h3-6,9,12H,2,7-8H2,1H3,(H,17,18). The second kappa shape index (κ2) is 7.21. The molecular weight excluding hydrogens is 276 g/mol. The number of fused-ring (bicyclic) bond motifs is 1. The van der Waals surface area contributed by atoms with Crippen molar-refractivity contribution in [3.05, 3.63) is 30.6 Å². The molecule has 0 spiro atoms. The topological polar surface area (TPSA) is 72.3 Å². The largest absolute Gasteiger partial charge is 0.479 e. The van der Waals surface area contributed by atoms with Crippen LogP contribution in [0.25, 0.3) is 10.9 Å². The zero-order chi connectivity index (χ0) is 14.4. The summed E-state index contributed by atoms with van der Waals surface area (Å²) >= 11 is 1.53. The van der Waals surface area contributed by atoms with Gasteiger partial charge in [-0.05, 0) is 19.4 Å². The first-order valence-corrected chi connectivity index (χ1v) is 7.38. The van der Waals surface area contributed by atoms with Gasteiger partial charge in [0.2, 0.25) is 0 Å². The number of carboxylic acids is 1. The molecule has 0 aliphatic rings. The Morgan fingerprint density at radius 2 is 2.20 bits per heavy atom. The molecule has 1 aromatic carbocycles. The lowest BCUT2D eigenvalue weighted by molar-refractivity contribution is -0.150. The van der Waals surface area contributed by atoms with Crippen molar-refractivity contribution >= 4 is 28.6 Å². The Labute approximate surface area is 121 Å². The molecule has 2 rings (SSSR count). The van der Waals surface area contributed by atoms with Crippen molar-refractivity contribution in [2.75, 3.05) is 12.4 Å². The summed E-state index contributed by atoms with van der Waals surface area (Å²) in [4.78, 5) is 19.4. The number of carbonyl (C=O) groups is 1.